The topological polar surface area (TPSA) is 38.0 Å². The summed E-state index contributed by atoms with van der Waals surface area (Å²) in [4.78, 5) is 0. The molecular formula is C13H10Cl2F2N2. The molecule has 0 aliphatic heterocycles. The van der Waals surface area contributed by atoms with Crippen molar-refractivity contribution in [2.75, 3.05) is 11.1 Å². The number of anilines is 3. The SMILES string of the molecule is Cc1cc(F)c(Nc2cc(Cl)c(Cl)cc2N)cc1F. The highest BCUT2D eigenvalue weighted by molar-refractivity contribution is 6.42. The monoisotopic (exact) mass is 302 g/mol. The summed E-state index contributed by atoms with van der Waals surface area (Å²) in [5.74, 6) is -1.09. The molecule has 19 heavy (non-hydrogen) atoms. The molecule has 0 unspecified atom stereocenters. The molecule has 0 saturated heterocycles. The largest absolute Gasteiger partial charge is 0.397 e. The minimum atomic E-state index is -0.579. The van der Waals surface area contributed by atoms with Gasteiger partial charge in [-0.05, 0) is 30.7 Å². The first-order chi connectivity index (χ1) is 8.88. The fourth-order valence-corrected chi connectivity index (χ4v) is 1.89. The van der Waals surface area contributed by atoms with Crippen LogP contribution in [0.2, 0.25) is 10.0 Å². The van der Waals surface area contributed by atoms with E-state index in [1.54, 1.807) is 0 Å². The van der Waals surface area contributed by atoms with Crippen LogP contribution >= 0.6 is 23.2 Å². The number of rotatable bonds is 2. The molecule has 0 fully saturated rings. The molecule has 0 aromatic heterocycles. The lowest BCUT2D eigenvalue weighted by molar-refractivity contribution is 0.595. The van der Waals surface area contributed by atoms with Crippen LogP contribution < -0.4 is 11.1 Å². The van der Waals surface area contributed by atoms with E-state index in [9.17, 15) is 8.78 Å². The number of hydrogen-bond donors (Lipinski definition) is 2. The van der Waals surface area contributed by atoms with E-state index in [4.69, 9.17) is 28.9 Å². The zero-order valence-electron chi connectivity index (χ0n) is 9.90. The molecule has 0 aliphatic carbocycles. The van der Waals surface area contributed by atoms with Crippen LogP contribution in [0.5, 0.6) is 0 Å². The van der Waals surface area contributed by atoms with E-state index in [2.05, 4.69) is 5.32 Å². The second kappa shape index (κ2) is 5.23. The minimum absolute atomic E-state index is 0.0202. The van der Waals surface area contributed by atoms with Crippen LogP contribution in [-0.2, 0) is 0 Å². The van der Waals surface area contributed by atoms with Crippen molar-refractivity contribution in [2.24, 2.45) is 0 Å². The predicted octanol–water partition coefficient (Wildman–Crippen LogP) is 4.91. The molecule has 100 valence electrons. The van der Waals surface area contributed by atoms with E-state index < -0.39 is 11.6 Å². The van der Waals surface area contributed by atoms with Crippen LogP contribution in [0.4, 0.5) is 25.8 Å². The summed E-state index contributed by atoms with van der Waals surface area (Å²) in [6.07, 6.45) is 0. The first-order valence-corrected chi connectivity index (χ1v) is 6.11. The van der Waals surface area contributed by atoms with Gasteiger partial charge in [0, 0.05) is 6.07 Å². The molecule has 0 spiro atoms. The molecule has 2 aromatic rings. The molecule has 0 amide bonds. The van der Waals surface area contributed by atoms with Crippen LogP contribution in [0.15, 0.2) is 24.3 Å². The van der Waals surface area contributed by atoms with Gasteiger partial charge >= 0.3 is 0 Å². The zero-order chi connectivity index (χ0) is 14.2. The van der Waals surface area contributed by atoms with Crippen molar-refractivity contribution in [1.29, 1.82) is 0 Å². The van der Waals surface area contributed by atoms with Gasteiger partial charge in [0.1, 0.15) is 11.6 Å². The highest BCUT2D eigenvalue weighted by atomic mass is 35.5. The summed E-state index contributed by atoms with van der Waals surface area (Å²) in [5.41, 5.74) is 6.59. The van der Waals surface area contributed by atoms with E-state index in [1.807, 2.05) is 0 Å². The highest BCUT2D eigenvalue weighted by Gasteiger charge is 2.10. The van der Waals surface area contributed by atoms with E-state index in [0.717, 1.165) is 12.1 Å². The molecule has 0 heterocycles. The van der Waals surface area contributed by atoms with Gasteiger partial charge < -0.3 is 11.1 Å². The maximum Gasteiger partial charge on any atom is 0.147 e. The number of nitrogens with one attached hydrogen (secondary N) is 1. The summed E-state index contributed by atoms with van der Waals surface area (Å²) in [7, 11) is 0. The van der Waals surface area contributed by atoms with Gasteiger partial charge in [-0.3, -0.25) is 0 Å². The third-order valence-corrected chi connectivity index (χ3v) is 3.33. The van der Waals surface area contributed by atoms with Gasteiger partial charge in [0.05, 0.1) is 27.1 Å². The Labute approximate surface area is 119 Å². The van der Waals surface area contributed by atoms with Crippen molar-refractivity contribution in [3.63, 3.8) is 0 Å². The molecule has 3 N–H and O–H groups in total. The maximum absolute atomic E-state index is 13.7. The number of halogens is 4. The second-order valence-corrected chi connectivity index (χ2v) is 4.87. The Morgan fingerprint density at radius 3 is 2.26 bits per heavy atom. The summed E-state index contributed by atoms with van der Waals surface area (Å²) in [5, 5.41) is 3.26. The molecule has 0 atom stereocenters. The molecular weight excluding hydrogens is 293 g/mol. The Morgan fingerprint density at radius 2 is 1.58 bits per heavy atom. The van der Waals surface area contributed by atoms with Gasteiger partial charge in [-0.15, -0.1) is 0 Å². The van der Waals surface area contributed by atoms with Crippen molar-refractivity contribution in [3.05, 3.63) is 51.5 Å². The maximum atomic E-state index is 13.7. The van der Waals surface area contributed by atoms with Crippen molar-refractivity contribution < 1.29 is 8.78 Å². The first-order valence-electron chi connectivity index (χ1n) is 5.35. The number of benzene rings is 2. The lowest BCUT2D eigenvalue weighted by Gasteiger charge is -2.12. The third kappa shape index (κ3) is 2.91. The lowest BCUT2D eigenvalue weighted by atomic mass is 10.2. The van der Waals surface area contributed by atoms with Crippen molar-refractivity contribution in [3.8, 4) is 0 Å². The molecule has 6 heteroatoms. The predicted molar refractivity (Wildman–Crippen MR) is 75.3 cm³/mol. The van der Waals surface area contributed by atoms with E-state index in [1.165, 1.54) is 19.1 Å². The minimum Gasteiger partial charge on any atom is -0.397 e. The summed E-state index contributed by atoms with van der Waals surface area (Å²) in [6, 6.07) is 5.06. The molecule has 0 saturated carbocycles. The Bertz CT molecular complexity index is 590. The van der Waals surface area contributed by atoms with E-state index >= 15 is 0 Å². The van der Waals surface area contributed by atoms with Gasteiger partial charge in [0.25, 0.3) is 0 Å². The normalized spacial score (nSPS) is 10.6. The Morgan fingerprint density at radius 1 is 0.947 bits per heavy atom. The van der Waals surface area contributed by atoms with Gasteiger partial charge in [-0.1, -0.05) is 23.2 Å². The Balaban J connectivity index is 2.42. The quantitative estimate of drug-likeness (QED) is 0.774. The van der Waals surface area contributed by atoms with Gasteiger partial charge in [-0.25, -0.2) is 8.78 Å². The van der Waals surface area contributed by atoms with Crippen LogP contribution in [-0.4, -0.2) is 0 Å². The van der Waals surface area contributed by atoms with E-state index in [0.29, 0.717) is 10.7 Å². The number of nitrogen functional groups attached to an aromatic ring is 1. The smallest absolute Gasteiger partial charge is 0.147 e. The molecule has 0 bridgehead atoms. The van der Waals surface area contributed by atoms with Gasteiger partial charge in [0.2, 0.25) is 0 Å². The average molecular weight is 303 g/mol. The molecule has 0 aliphatic rings. The van der Waals surface area contributed by atoms with Crippen LogP contribution in [0.25, 0.3) is 0 Å². The fourth-order valence-electron chi connectivity index (χ4n) is 1.56. The molecule has 2 nitrogen and oxygen atoms in total. The molecule has 0 radical (unpaired) electrons. The van der Waals surface area contributed by atoms with Crippen molar-refractivity contribution in [2.45, 2.75) is 6.92 Å². The van der Waals surface area contributed by atoms with E-state index in [-0.39, 0.29) is 22.0 Å². The summed E-state index contributed by atoms with van der Waals surface area (Å²) < 4.78 is 27.1. The fraction of sp³-hybridized carbons (Fsp3) is 0.0769. The summed E-state index contributed by atoms with van der Waals surface area (Å²) in [6.45, 7) is 1.48. The first kappa shape index (κ1) is 13.9. The zero-order valence-corrected chi connectivity index (χ0v) is 11.4. The van der Waals surface area contributed by atoms with Crippen molar-refractivity contribution >= 4 is 40.3 Å². The Hall–Kier alpha value is -1.52. The van der Waals surface area contributed by atoms with Crippen molar-refractivity contribution in [1.82, 2.24) is 0 Å². The number of nitrogens with two attached hydrogens (primary N) is 1. The van der Waals surface area contributed by atoms with Gasteiger partial charge in [0.15, 0.2) is 0 Å². The second-order valence-electron chi connectivity index (χ2n) is 4.06. The number of aryl methyl sites for hydroxylation is 1. The van der Waals surface area contributed by atoms with Gasteiger partial charge in [-0.2, -0.15) is 0 Å². The average Bonchev–Trinajstić information content (AvgIpc) is 2.32. The molecule has 2 aromatic carbocycles. The highest BCUT2D eigenvalue weighted by Crippen LogP contribution is 2.33. The Kier molecular flexibility index (Phi) is 3.83. The molecule has 2 rings (SSSR count). The number of hydrogen-bond acceptors (Lipinski definition) is 2. The lowest BCUT2D eigenvalue weighted by Crippen LogP contribution is -2.00. The van der Waals surface area contributed by atoms with Crippen LogP contribution in [0, 0.1) is 18.6 Å². The standard InChI is InChI=1S/C13H10Cl2F2N2/c1-6-2-10(17)12(5-9(6)16)19-13-4-8(15)7(14)3-11(13)18/h2-5,19H,18H2,1H3. The third-order valence-electron chi connectivity index (χ3n) is 2.61. The van der Waals surface area contributed by atoms with Crippen LogP contribution in [0.3, 0.4) is 0 Å². The summed E-state index contributed by atoms with van der Waals surface area (Å²) >= 11 is 11.6. The van der Waals surface area contributed by atoms with Crippen LogP contribution in [0.1, 0.15) is 5.56 Å².